The zero-order chi connectivity index (χ0) is 15.1. The number of aromatic nitrogens is 1. The minimum Gasteiger partial charge on any atom is -0.363 e. The Kier molecular flexibility index (Phi) is 3.26. The Morgan fingerprint density at radius 1 is 1.27 bits per heavy atom. The lowest BCUT2D eigenvalue weighted by Crippen LogP contribution is -2.30. The molecule has 112 valence electrons. The normalized spacial score (nSPS) is 18.2. The first kappa shape index (κ1) is 13.6. The SMILES string of the molecule is Cc1c(C(=O)N2CCCC2c2ccc[nH]2)sc2ccccc12. The lowest BCUT2D eigenvalue weighted by molar-refractivity contribution is 0.0737. The number of likely N-dealkylation sites (tertiary alicyclic amines) is 1. The molecule has 3 aromatic rings. The highest BCUT2D eigenvalue weighted by molar-refractivity contribution is 7.21. The van der Waals surface area contributed by atoms with Gasteiger partial charge in [-0.1, -0.05) is 18.2 Å². The highest BCUT2D eigenvalue weighted by atomic mass is 32.1. The molecule has 3 nitrogen and oxygen atoms in total. The average Bonchev–Trinajstić information content (AvgIpc) is 3.26. The van der Waals surface area contributed by atoms with Crippen LogP contribution in [-0.2, 0) is 0 Å². The van der Waals surface area contributed by atoms with Crippen molar-refractivity contribution in [2.75, 3.05) is 6.54 Å². The number of fused-ring (bicyclic) bond motifs is 1. The maximum atomic E-state index is 13.1. The predicted molar refractivity (Wildman–Crippen MR) is 90.4 cm³/mol. The third-order valence-electron chi connectivity index (χ3n) is 4.53. The van der Waals surface area contributed by atoms with Crippen LogP contribution in [0.15, 0.2) is 42.6 Å². The van der Waals surface area contributed by atoms with E-state index in [0.717, 1.165) is 35.5 Å². The van der Waals surface area contributed by atoms with Gasteiger partial charge in [-0.15, -0.1) is 11.3 Å². The van der Waals surface area contributed by atoms with Crippen LogP contribution in [0, 0.1) is 6.92 Å². The molecular weight excluding hydrogens is 292 g/mol. The van der Waals surface area contributed by atoms with E-state index in [9.17, 15) is 4.79 Å². The number of benzene rings is 1. The minimum absolute atomic E-state index is 0.177. The van der Waals surface area contributed by atoms with E-state index >= 15 is 0 Å². The number of amides is 1. The second kappa shape index (κ2) is 5.29. The summed E-state index contributed by atoms with van der Waals surface area (Å²) in [4.78, 5) is 19.3. The van der Waals surface area contributed by atoms with Gasteiger partial charge in [0.05, 0.1) is 10.9 Å². The largest absolute Gasteiger partial charge is 0.363 e. The summed E-state index contributed by atoms with van der Waals surface area (Å²) in [6, 6.07) is 12.5. The summed E-state index contributed by atoms with van der Waals surface area (Å²) in [5.41, 5.74) is 2.26. The number of carbonyl (C=O) groups excluding carboxylic acids is 1. The van der Waals surface area contributed by atoms with Crippen LogP contribution in [-0.4, -0.2) is 22.3 Å². The average molecular weight is 310 g/mol. The van der Waals surface area contributed by atoms with E-state index in [4.69, 9.17) is 0 Å². The lowest BCUT2D eigenvalue weighted by atomic mass is 10.1. The van der Waals surface area contributed by atoms with Gasteiger partial charge in [0.1, 0.15) is 0 Å². The van der Waals surface area contributed by atoms with Gasteiger partial charge in [0.15, 0.2) is 0 Å². The van der Waals surface area contributed by atoms with Crippen molar-refractivity contribution in [3.63, 3.8) is 0 Å². The van der Waals surface area contributed by atoms with Crippen molar-refractivity contribution < 1.29 is 4.79 Å². The summed E-state index contributed by atoms with van der Waals surface area (Å²) in [6.07, 6.45) is 4.04. The third-order valence-corrected chi connectivity index (χ3v) is 5.79. The van der Waals surface area contributed by atoms with E-state index in [1.165, 1.54) is 10.1 Å². The van der Waals surface area contributed by atoms with Crippen LogP contribution >= 0.6 is 11.3 Å². The second-order valence-electron chi connectivity index (χ2n) is 5.83. The Morgan fingerprint density at radius 3 is 2.91 bits per heavy atom. The molecule has 0 bridgehead atoms. The molecule has 2 aromatic heterocycles. The molecule has 1 unspecified atom stereocenters. The minimum atomic E-state index is 0.177. The fourth-order valence-corrected chi connectivity index (χ4v) is 4.56. The van der Waals surface area contributed by atoms with E-state index in [-0.39, 0.29) is 11.9 Å². The first-order valence-electron chi connectivity index (χ1n) is 7.68. The maximum absolute atomic E-state index is 13.1. The number of nitrogens with one attached hydrogen (secondary N) is 1. The van der Waals surface area contributed by atoms with Crippen molar-refractivity contribution in [1.29, 1.82) is 0 Å². The number of hydrogen-bond acceptors (Lipinski definition) is 2. The Balaban J connectivity index is 1.72. The van der Waals surface area contributed by atoms with Gasteiger partial charge in [0.25, 0.3) is 5.91 Å². The highest BCUT2D eigenvalue weighted by Gasteiger charge is 2.32. The monoisotopic (exact) mass is 310 g/mol. The smallest absolute Gasteiger partial charge is 0.264 e. The van der Waals surface area contributed by atoms with Crippen LogP contribution in [0.3, 0.4) is 0 Å². The van der Waals surface area contributed by atoms with E-state index in [2.05, 4.69) is 30.1 Å². The molecule has 4 heteroatoms. The number of thiophene rings is 1. The molecule has 3 heterocycles. The van der Waals surface area contributed by atoms with Crippen molar-refractivity contribution in [2.24, 2.45) is 0 Å². The van der Waals surface area contributed by atoms with Gasteiger partial charge in [-0.2, -0.15) is 0 Å². The molecule has 0 saturated carbocycles. The molecule has 1 amide bonds. The van der Waals surface area contributed by atoms with Crippen LogP contribution < -0.4 is 0 Å². The Labute approximate surface area is 133 Å². The Bertz CT molecular complexity index is 819. The molecule has 1 fully saturated rings. The summed E-state index contributed by atoms with van der Waals surface area (Å²) in [6.45, 7) is 2.90. The molecule has 1 atom stereocenters. The molecule has 4 rings (SSSR count). The van der Waals surface area contributed by atoms with Gasteiger partial charge in [-0.25, -0.2) is 0 Å². The molecule has 1 saturated heterocycles. The third kappa shape index (κ3) is 2.06. The Morgan fingerprint density at radius 2 is 2.14 bits per heavy atom. The molecule has 1 N–H and O–H groups in total. The quantitative estimate of drug-likeness (QED) is 0.742. The maximum Gasteiger partial charge on any atom is 0.264 e. The standard InChI is InChI=1S/C18H18N2OS/c1-12-13-6-2-3-9-16(13)22-17(12)18(21)20-11-5-8-15(20)14-7-4-10-19-14/h2-4,6-7,9-10,15,19H,5,8,11H2,1H3. The van der Waals surface area contributed by atoms with Gasteiger partial charge in [-0.05, 0) is 48.9 Å². The molecular formula is C18H18N2OS. The predicted octanol–water partition coefficient (Wildman–Crippen LogP) is 4.52. The van der Waals surface area contributed by atoms with Crippen molar-refractivity contribution >= 4 is 27.3 Å². The molecule has 0 radical (unpaired) electrons. The molecule has 1 aromatic carbocycles. The number of rotatable bonds is 2. The van der Waals surface area contributed by atoms with Crippen molar-refractivity contribution in [3.8, 4) is 0 Å². The molecule has 1 aliphatic heterocycles. The number of nitrogens with zero attached hydrogens (tertiary/aromatic N) is 1. The molecule has 0 spiro atoms. The topological polar surface area (TPSA) is 36.1 Å². The van der Waals surface area contributed by atoms with Crippen LogP contribution in [0.1, 0.15) is 39.8 Å². The first-order chi connectivity index (χ1) is 10.8. The number of carbonyl (C=O) groups is 1. The highest BCUT2D eigenvalue weighted by Crippen LogP contribution is 2.36. The zero-order valence-electron chi connectivity index (χ0n) is 12.5. The van der Waals surface area contributed by atoms with Crippen molar-refractivity contribution in [1.82, 2.24) is 9.88 Å². The van der Waals surface area contributed by atoms with E-state index in [1.54, 1.807) is 11.3 Å². The summed E-state index contributed by atoms with van der Waals surface area (Å²) in [5.74, 6) is 0.177. The van der Waals surface area contributed by atoms with Crippen LogP contribution in [0.5, 0.6) is 0 Å². The summed E-state index contributed by atoms with van der Waals surface area (Å²) >= 11 is 1.62. The van der Waals surface area contributed by atoms with Crippen LogP contribution in [0.2, 0.25) is 0 Å². The fraction of sp³-hybridized carbons (Fsp3) is 0.278. The summed E-state index contributed by atoms with van der Waals surface area (Å²) in [5, 5.41) is 1.20. The van der Waals surface area contributed by atoms with Crippen LogP contribution in [0.4, 0.5) is 0 Å². The van der Waals surface area contributed by atoms with Crippen molar-refractivity contribution in [2.45, 2.75) is 25.8 Å². The fourth-order valence-electron chi connectivity index (χ4n) is 3.39. The second-order valence-corrected chi connectivity index (χ2v) is 6.89. The molecule has 0 aliphatic carbocycles. The lowest BCUT2D eigenvalue weighted by Gasteiger charge is -2.23. The van der Waals surface area contributed by atoms with Gasteiger partial charge in [0.2, 0.25) is 0 Å². The van der Waals surface area contributed by atoms with Gasteiger partial charge in [-0.3, -0.25) is 4.79 Å². The molecule has 1 aliphatic rings. The summed E-state index contributed by atoms with van der Waals surface area (Å²) in [7, 11) is 0. The van der Waals surface area contributed by atoms with Gasteiger partial charge in [0, 0.05) is 23.1 Å². The van der Waals surface area contributed by atoms with Crippen molar-refractivity contribution in [3.05, 3.63) is 58.7 Å². The van der Waals surface area contributed by atoms with Gasteiger partial charge >= 0.3 is 0 Å². The Hall–Kier alpha value is -2.07. The van der Waals surface area contributed by atoms with Gasteiger partial charge < -0.3 is 9.88 Å². The number of H-pyrrole nitrogens is 1. The summed E-state index contributed by atoms with van der Waals surface area (Å²) < 4.78 is 1.19. The van der Waals surface area contributed by atoms with E-state index in [0.29, 0.717) is 0 Å². The molecule has 22 heavy (non-hydrogen) atoms. The zero-order valence-corrected chi connectivity index (χ0v) is 13.3. The van der Waals surface area contributed by atoms with E-state index < -0.39 is 0 Å². The number of hydrogen-bond donors (Lipinski definition) is 1. The van der Waals surface area contributed by atoms with Crippen LogP contribution in [0.25, 0.3) is 10.1 Å². The van der Waals surface area contributed by atoms with E-state index in [1.807, 2.05) is 29.3 Å². The number of aromatic amines is 1. The number of aryl methyl sites for hydroxylation is 1. The first-order valence-corrected chi connectivity index (χ1v) is 8.50.